The van der Waals surface area contributed by atoms with Gasteiger partial charge in [0.15, 0.2) is 23.1 Å². The second kappa shape index (κ2) is 12.1. The van der Waals surface area contributed by atoms with Crippen LogP contribution in [0.25, 0.3) is 27.0 Å². The first kappa shape index (κ1) is 29.5. The van der Waals surface area contributed by atoms with Crippen molar-refractivity contribution in [1.29, 1.82) is 0 Å². The number of benzene rings is 3. The van der Waals surface area contributed by atoms with E-state index >= 15 is 4.39 Å². The summed E-state index contributed by atoms with van der Waals surface area (Å²) < 4.78 is 46.4. The van der Waals surface area contributed by atoms with Gasteiger partial charge in [-0.15, -0.1) is 0 Å². The number of halogens is 2. The van der Waals surface area contributed by atoms with Crippen molar-refractivity contribution < 1.29 is 27.8 Å². The molecule has 0 radical (unpaired) electrons. The molecule has 1 N–H and O–H groups in total. The molecule has 11 heteroatoms. The molecule has 0 unspecified atom stereocenters. The Bertz CT molecular complexity index is 2050. The highest BCUT2D eigenvalue weighted by Gasteiger charge is 2.23. The van der Waals surface area contributed by atoms with Crippen LogP contribution >= 0.6 is 0 Å². The van der Waals surface area contributed by atoms with Crippen molar-refractivity contribution in [1.82, 2.24) is 9.55 Å². The summed E-state index contributed by atoms with van der Waals surface area (Å²) in [6.45, 7) is 13.1. The maximum atomic E-state index is 15.2. The van der Waals surface area contributed by atoms with Gasteiger partial charge >= 0.3 is 5.56 Å². The van der Waals surface area contributed by atoms with E-state index in [0.717, 1.165) is 22.8 Å². The van der Waals surface area contributed by atoms with Gasteiger partial charge in [0.05, 0.1) is 19.7 Å². The van der Waals surface area contributed by atoms with Crippen LogP contribution in [-0.2, 0) is 0 Å². The van der Waals surface area contributed by atoms with Gasteiger partial charge in [-0.3, -0.25) is 9.78 Å². The van der Waals surface area contributed by atoms with Crippen LogP contribution in [0.5, 0.6) is 23.0 Å². The van der Waals surface area contributed by atoms with E-state index in [2.05, 4.69) is 21.7 Å². The summed E-state index contributed by atoms with van der Waals surface area (Å²) in [5, 5.41) is 3.08. The van der Waals surface area contributed by atoms with E-state index in [1.165, 1.54) is 50.7 Å². The number of nitrogens with one attached hydrogen (secondary N) is 1. The second-order valence-corrected chi connectivity index (χ2v) is 9.54. The smallest absolute Gasteiger partial charge is 0.336 e. The molecule has 5 rings (SSSR count). The van der Waals surface area contributed by atoms with Crippen molar-refractivity contribution in [2.75, 3.05) is 19.5 Å². The van der Waals surface area contributed by atoms with E-state index in [1.54, 1.807) is 25.1 Å². The molecule has 0 aliphatic heterocycles. The van der Waals surface area contributed by atoms with E-state index in [4.69, 9.17) is 20.8 Å². The summed E-state index contributed by atoms with van der Waals surface area (Å²) in [7, 11) is 2.99. The molecule has 5 aromatic rings. The number of amides is 1. The molecule has 9 nitrogen and oxygen atoms in total. The van der Waals surface area contributed by atoms with Crippen LogP contribution in [0.1, 0.15) is 22.8 Å². The van der Waals surface area contributed by atoms with Crippen molar-refractivity contribution in [2.24, 2.45) is 0 Å². The van der Waals surface area contributed by atoms with Crippen LogP contribution in [0.3, 0.4) is 0 Å². The van der Waals surface area contributed by atoms with Gasteiger partial charge < -0.3 is 24.4 Å². The van der Waals surface area contributed by atoms with Crippen LogP contribution in [0.2, 0.25) is 0 Å². The minimum atomic E-state index is -0.848. The Kier molecular flexibility index (Phi) is 8.08. The van der Waals surface area contributed by atoms with Crippen LogP contribution in [0.15, 0.2) is 84.3 Å². The lowest BCUT2D eigenvalue weighted by molar-refractivity contribution is 0.102. The predicted octanol–water partition coefficient (Wildman–Crippen LogP) is 7.31. The third-order valence-corrected chi connectivity index (χ3v) is 6.69. The number of aromatic nitrogens is 2. The number of pyridine rings is 2. The van der Waals surface area contributed by atoms with Crippen molar-refractivity contribution in [3.8, 4) is 28.7 Å². The third-order valence-electron chi connectivity index (χ3n) is 6.69. The van der Waals surface area contributed by atoms with Gasteiger partial charge in [0.2, 0.25) is 5.82 Å². The van der Waals surface area contributed by atoms with Gasteiger partial charge in [0.1, 0.15) is 22.8 Å². The van der Waals surface area contributed by atoms with Gasteiger partial charge in [0.25, 0.3) is 5.91 Å². The molecule has 220 valence electrons. The average molecular weight is 595 g/mol. The van der Waals surface area contributed by atoms with E-state index in [-0.39, 0.29) is 34.1 Å². The number of nitrogens with zero attached hydrogens (tertiary/aromatic N) is 3. The lowest BCUT2D eigenvalue weighted by atomic mass is 10.1. The van der Waals surface area contributed by atoms with Crippen molar-refractivity contribution in [2.45, 2.75) is 6.92 Å². The van der Waals surface area contributed by atoms with Crippen molar-refractivity contribution in [3.05, 3.63) is 124 Å². The number of hydrogen-bond acceptors (Lipinski definition) is 6. The fraction of sp³-hybridized carbons (Fsp3) is 0.0909. The number of fused-ring (bicyclic) bond motifs is 1. The Morgan fingerprint density at radius 3 is 2.27 bits per heavy atom. The standard InChI is InChI=1S/C33H24F2N4O5/c1-18(2)22-15-24(33(41)39(31(22)36-3)21-9-6-19(34)7-10-21)32(40)38-20-8-11-28(25(35)14-20)44-27-12-13-37-26-17-30(43-5)29(42-4)16-23(26)27/h6-17H,1H2,2,4-5H3,(H,38,40). The fourth-order valence-electron chi connectivity index (χ4n) is 4.54. The Balaban J connectivity index is 1.47. The summed E-state index contributed by atoms with van der Waals surface area (Å²) >= 11 is 0. The summed E-state index contributed by atoms with van der Waals surface area (Å²) in [6.07, 6.45) is 1.51. The Hall–Kier alpha value is -6.02. The number of carbonyl (C=O) groups excluding carboxylic acids is 1. The highest BCUT2D eigenvalue weighted by atomic mass is 19.1. The summed E-state index contributed by atoms with van der Waals surface area (Å²) in [5.74, 6) is -1.17. The predicted molar refractivity (Wildman–Crippen MR) is 162 cm³/mol. The molecule has 0 aliphatic carbocycles. The number of anilines is 1. The van der Waals surface area contributed by atoms with Crippen molar-refractivity contribution in [3.63, 3.8) is 0 Å². The zero-order valence-corrected chi connectivity index (χ0v) is 23.8. The molecule has 3 aromatic carbocycles. The summed E-state index contributed by atoms with van der Waals surface area (Å²) in [4.78, 5) is 34.6. The maximum absolute atomic E-state index is 15.2. The van der Waals surface area contributed by atoms with E-state index in [0.29, 0.717) is 33.7 Å². The number of carbonyl (C=O) groups is 1. The molecule has 0 atom stereocenters. The van der Waals surface area contributed by atoms with Gasteiger partial charge in [-0.1, -0.05) is 18.7 Å². The fourth-order valence-corrected chi connectivity index (χ4v) is 4.54. The molecule has 0 fully saturated rings. The Morgan fingerprint density at radius 2 is 1.64 bits per heavy atom. The highest BCUT2D eigenvalue weighted by Crippen LogP contribution is 2.37. The number of methoxy groups -OCH3 is 2. The van der Waals surface area contributed by atoms with E-state index in [9.17, 15) is 14.0 Å². The summed E-state index contributed by atoms with van der Waals surface area (Å²) in [6, 6.07) is 14.9. The Morgan fingerprint density at radius 1 is 0.932 bits per heavy atom. The second-order valence-electron chi connectivity index (χ2n) is 9.54. The van der Waals surface area contributed by atoms with Gasteiger partial charge in [-0.25, -0.2) is 18.1 Å². The van der Waals surface area contributed by atoms with Gasteiger partial charge in [0, 0.05) is 35.0 Å². The minimum Gasteiger partial charge on any atom is -0.493 e. The first-order valence-corrected chi connectivity index (χ1v) is 13.0. The topological polar surface area (TPSA) is 96.0 Å². The quantitative estimate of drug-likeness (QED) is 0.189. The molecular weight excluding hydrogens is 570 g/mol. The monoisotopic (exact) mass is 594 g/mol. The van der Waals surface area contributed by atoms with Crippen LogP contribution in [-0.4, -0.2) is 29.7 Å². The molecule has 0 spiro atoms. The largest absolute Gasteiger partial charge is 0.493 e. The first-order valence-electron chi connectivity index (χ1n) is 13.0. The molecule has 1 amide bonds. The SMILES string of the molecule is [C-]#[N+]c1c(C(=C)C)cc(C(=O)Nc2ccc(Oc3ccnc4cc(OC)c(OC)cc34)c(F)c2)c(=O)n1-c1ccc(F)cc1. The zero-order chi connectivity index (χ0) is 31.5. The van der Waals surface area contributed by atoms with Crippen LogP contribution in [0.4, 0.5) is 20.3 Å². The molecule has 2 aromatic heterocycles. The molecule has 0 saturated carbocycles. The third kappa shape index (κ3) is 5.56. The number of ether oxygens (including phenoxy) is 3. The number of rotatable bonds is 8. The molecule has 0 bridgehead atoms. The number of allylic oxidation sites excluding steroid dienone is 1. The van der Waals surface area contributed by atoms with Crippen molar-refractivity contribution >= 4 is 33.9 Å². The van der Waals surface area contributed by atoms with E-state index < -0.39 is 23.1 Å². The van der Waals surface area contributed by atoms with Gasteiger partial charge in [-0.2, -0.15) is 0 Å². The average Bonchev–Trinajstić information content (AvgIpc) is 3.01. The van der Waals surface area contributed by atoms with Crippen LogP contribution in [0, 0.1) is 18.2 Å². The molecule has 44 heavy (non-hydrogen) atoms. The molecular formula is C33H24F2N4O5. The number of hydrogen-bond donors (Lipinski definition) is 1. The first-order chi connectivity index (χ1) is 21.1. The maximum Gasteiger partial charge on any atom is 0.336 e. The normalized spacial score (nSPS) is 10.6. The Labute approximate surface area is 250 Å². The minimum absolute atomic E-state index is 0.0460. The van der Waals surface area contributed by atoms with E-state index in [1.807, 2.05) is 0 Å². The lowest BCUT2D eigenvalue weighted by Crippen LogP contribution is -2.29. The zero-order valence-electron chi connectivity index (χ0n) is 23.8. The lowest BCUT2D eigenvalue weighted by Gasteiger charge is -2.14. The molecule has 2 heterocycles. The molecule has 0 aliphatic rings. The van der Waals surface area contributed by atoms with Gasteiger partial charge in [-0.05, 0) is 61.5 Å². The highest BCUT2D eigenvalue weighted by molar-refractivity contribution is 6.05. The van der Waals surface area contributed by atoms with Crippen LogP contribution < -0.4 is 25.1 Å². The summed E-state index contributed by atoms with van der Waals surface area (Å²) in [5.41, 5.74) is 0.303. The molecule has 0 saturated heterocycles.